The van der Waals surface area contributed by atoms with E-state index in [2.05, 4.69) is 10.3 Å². The van der Waals surface area contributed by atoms with Crippen LogP contribution in [0.25, 0.3) is 11.1 Å². The third-order valence-corrected chi connectivity index (χ3v) is 3.55. The van der Waals surface area contributed by atoms with Crippen LogP contribution in [0.5, 0.6) is 0 Å². The summed E-state index contributed by atoms with van der Waals surface area (Å²) >= 11 is 1.40. The molecule has 0 aliphatic carbocycles. The van der Waals surface area contributed by atoms with E-state index in [0.29, 0.717) is 22.5 Å². The minimum atomic E-state index is -0.477. The molecule has 0 fully saturated rings. The standard InChI is InChI=1S/C13H10N2O3S/c16-12(11-2-1-5-19-11)14-7-8-3-4-9-10(6-8)18-13(17)15-9/h1-6H,7H2,(H,14,16)(H,15,17). The number of thiophene rings is 1. The number of benzene rings is 1. The SMILES string of the molecule is O=C(NCc1ccc2[nH]c(=O)oc2c1)c1cccs1. The van der Waals surface area contributed by atoms with Gasteiger partial charge in [0.15, 0.2) is 5.58 Å². The molecular formula is C13H10N2O3S. The Hall–Kier alpha value is -2.34. The summed E-state index contributed by atoms with van der Waals surface area (Å²) < 4.78 is 4.97. The zero-order valence-corrected chi connectivity index (χ0v) is 10.6. The van der Waals surface area contributed by atoms with Crippen molar-refractivity contribution < 1.29 is 9.21 Å². The summed E-state index contributed by atoms with van der Waals surface area (Å²) in [6.45, 7) is 0.390. The molecule has 0 aliphatic rings. The molecule has 0 radical (unpaired) electrons. The number of aromatic amines is 1. The highest BCUT2D eigenvalue weighted by atomic mass is 32.1. The van der Waals surface area contributed by atoms with Crippen LogP contribution in [0.4, 0.5) is 0 Å². The van der Waals surface area contributed by atoms with Gasteiger partial charge in [-0.25, -0.2) is 4.79 Å². The second kappa shape index (κ2) is 4.74. The first-order valence-corrected chi connectivity index (χ1v) is 6.54. The van der Waals surface area contributed by atoms with Crippen molar-refractivity contribution in [3.05, 3.63) is 56.7 Å². The molecule has 0 bridgehead atoms. The lowest BCUT2D eigenvalue weighted by atomic mass is 10.2. The van der Waals surface area contributed by atoms with Crippen LogP contribution in [-0.2, 0) is 6.54 Å². The zero-order chi connectivity index (χ0) is 13.2. The van der Waals surface area contributed by atoms with Gasteiger partial charge in [0.05, 0.1) is 10.4 Å². The van der Waals surface area contributed by atoms with Gasteiger partial charge in [-0.05, 0) is 29.1 Å². The maximum atomic E-state index is 11.8. The number of oxazole rings is 1. The highest BCUT2D eigenvalue weighted by Crippen LogP contribution is 2.13. The Morgan fingerprint density at radius 2 is 2.26 bits per heavy atom. The second-order valence-corrected chi connectivity index (χ2v) is 4.95. The van der Waals surface area contributed by atoms with Crippen LogP contribution in [-0.4, -0.2) is 10.9 Å². The second-order valence-electron chi connectivity index (χ2n) is 4.01. The van der Waals surface area contributed by atoms with Gasteiger partial charge in [-0.1, -0.05) is 12.1 Å². The van der Waals surface area contributed by atoms with Gasteiger partial charge in [0.2, 0.25) is 0 Å². The molecule has 3 rings (SSSR count). The van der Waals surface area contributed by atoms with E-state index in [1.54, 1.807) is 18.2 Å². The van der Waals surface area contributed by atoms with Gasteiger partial charge in [-0.3, -0.25) is 9.78 Å². The number of carbonyl (C=O) groups is 1. The third kappa shape index (κ3) is 2.43. The molecular weight excluding hydrogens is 264 g/mol. The van der Waals surface area contributed by atoms with Crippen LogP contribution in [0.3, 0.4) is 0 Å². The number of hydrogen-bond donors (Lipinski definition) is 2. The van der Waals surface area contributed by atoms with Crippen LogP contribution in [0.15, 0.2) is 44.9 Å². The largest absolute Gasteiger partial charge is 0.417 e. The van der Waals surface area contributed by atoms with Gasteiger partial charge in [0, 0.05) is 6.54 Å². The van der Waals surface area contributed by atoms with Crippen LogP contribution in [0, 0.1) is 0 Å². The zero-order valence-electron chi connectivity index (χ0n) is 9.80. The first-order valence-electron chi connectivity index (χ1n) is 5.66. The van der Waals surface area contributed by atoms with Crippen molar-refractivity contribution >= 4 is 28.3 Å². The predicted octanol–water partition coefficient (Wildman–Crippen LogP) is 2.11. The Bertz CT molecular complexity index is 771. The summed E-state index contributed by atoms with van der Waals surface area (Å²) in [5, 5.41) is 4.67. The molecule has 19 heavy (non-hydrogen) atoms. The minimum absolute atomic E-state index is 0.106. The van der Waals surface area contributed by atoms with Crippen molar-refractivity contribution in [3.8, 4) is 0 Å². The highest BCUT2D eigenvalue weighted by Gasteiger charge is 2.07. The molecule has 6 heteroatoms. The molecule has 1 aromatic carbocycles. The van der Waals surface area contributed by atoms with Crippen LogP contribution < -0.4 is 11.1 Å². The normalized spacial score (nSPS) is 10.7. The van der Waals surface area contributed by atoms with Crippen molar-refractivity contribution in [2.24, 2.45) is 0 Å². The average molecular weight is 274 g/mol. The van der Waals surface area contributed by atoms with E-state index in [4.69, 9.17) is 4.42 Å². The first kappa shape index (κ1) is 11.7. The number of fused-ring (bicyclic) bond motifs is 1. The maximum absolute atomic E-state index is 11.8. The Kier molecular flexibility index (Phi) is 2.92. The van der Waals surface area contributed by atoms with E-state index in [1.165, 1.54) is 11.3 Å². The predicted molar refractivity (Wildman–Crippen MR) is 72.3 cm³/mol. The summed E-state index contributed by atoms with van der Waals surface area (Å²) in [7, 11) is 0. The van der Waals surface area contributed by atoms with Crippen molar-refractivity contribution in [3.63, 3.8) is 0 Å². The number of nitrogens with one attached hydrogen (secondary N) is 2. The molecule has 0 aliphatic heterocycles. The molecule has 3 aromatic rings. The lowest BCUT2D eigenvalue weighted by molar-refractivity contribution is 0.0955. The number of amides is 1. The topological polar surface area (TPSA) is 75.1 Å². The third-order valence-electron chi connectivity index (χ3n) is 2.68. The van der Waals surface area contributed by atoms with Crippen molar-refractivity contribution in [2.45, 2.75) is 6.54 Å². The fraction of sp³-hybridized carbons (Fsp3) is 0.0769. The number of rotatable bonds is 3. The minimum Gasteiger partial charge on any atom is -0.408 e. The summed E-state index contributed by atoms with van der Waals surface area (Å²) in [5.41, 5.74) is 2.02. The van der Waals surface area contributed by atoms with E-state index in [-0.39, 0.29) is 5.91 Å². The maximum Gasteiger partial charge on any atom is 0.417 e. The van der Waals surface area contributed by atoms with Gasteiger partial charge < -0.3 is 9.73 Å². The first-order chi connectivity index (χ1) is 9.22. The van der Waals surface area contributed by atoms with Crippen LogP contribution in [0.2, 0.25) is 0 Å². The van der Waals surface area contributed by atoms with Gasteiger partial charge in [0.1, 0.15) is 0 Å². The van der Waals surface area contributed by atoms with Gasteiger partial charge in [-0.2, -0.15) is 0 Å². The Labute approximate surface area is 111 Å². The quantitative estimate of drug-likeness (QED) is 0.768. The molecule has 1 amide bonds. The fourth-order valence-corrected chi connectivity index (χ4v) is 2.42. The summed E-state index contributed by atoms with van der Waals surface area (Å²) in [6, 6.07) is 8.94. The summed E-state index contributed by atoms with van der Waals surface area (Å²) in [6.07, 6.45) is 0. The molecule has 5 nitrogen and oxygen atoms in total. The van der Waals surface area contributed by atoms with Gasteiger partial charge in [-0.15, -0.1) is 11.3 Å². The van der Waals surface area contributed by atoms with E-state index >= 15 is 0 Å². The van der Waals surface area contributed by atoms with Crippen molar-refractivity contribution in [1.29, 1.82) is 0 Å². The molecule has 0 atom stereocenters. The molecule has 0 saturated heterocycles. The number of H-pyrrole nitrogens is 1. The molecule has 2 aromatic heterocycles. The Morgan fingerprint density at radius 1 is 1.37 bits per heavy atom. The van der Waals surface area contributed by atoms with E-state index in [9.17, 15) is 9.59 Å². The van der Waals surface area contributed by atoms with Crippen molar-refractivity contribution in [2.75, 3.05) is 0 Å². The van der Waals surface area contributed by atoms with Gasteiger partial charge in [0.25, 0.3) is 5.91 Å². The monoisotopic (exact) mass is 274 g/mol. The number of aromatic nitrogens is 1. The Balaban J connectivity index is 1.74. The lowest BCUT2D eigenvalue weighted by Gasteiger charge is -2.03. The summed E-state index contributed by atoms with van der Waals surface area (Å²) in [5.74, 6) is -0.583. The molecule has 0 spiro atoms. The molecule has 96 valence electrons. The van der Waals surface area contributed by atoms with E-state index < -0.39 is 5.76 Å². The van der Waals surface area contributed by atoms with Crippen LogP contribution >= 0.6 is 11.3 Å². The smallest absolute Gasteiger partial charge is 0.408 e. The molecule has 0 unspecified atom stereocenters. The van der Waals surface area contributed by atoms with Crippen LogP contribution in [0.1, 0.15) is 15.2 Å². The fourth-order valence-electron chi connectivity index (χ4n) is 1.78. The van der Waals surface area contributed by atoms with Gasteiger partial charge >= 0.3 is 5.76 Å². The summed E-state index contributed by atoms with van der Waals surface area (Å²) in [4.78, 5) is 26.0. The molecule has 2 N–H and O–H groups in total. The van der Waals surface area contributed by atoms with E-state index in [0.717, 1.165) is 5.56 Å². The lowest BCUT2D eigenvalue weighted by Crippen LogP contribution is -2.21. The molecule has 0 saturated carbocycles. The highest BCUT2D eigenvalue weighted by molar-refractivity contribution is 7.12. The number of hydrogen-bond acceptors (Lipinski definition) is 4. The van der Waals surface area contributed by atoms with E-state index in [1.807, 2.05) is 17.5 Å². The van der Waals surface area contributed by atoms with Crippen molar-refractivity contribution in [1.82, 2.24) is 10.3 Å². The Morgan fingerprint density at radius 3 is 3.05 bits per heavy atom. The molecule has 2 heterocycles. The average Bonchev–Trinajstić information content (AvgIpc) is 3.03. The number of carbonyl (C=O) groups excluding carboxylic acids is 1.